The maximum Gasteiger partial charge on any atom is 0.264 e. The normalized spacial score (nSPS) is 11.4. The second kappa shape index (κ2) is 6.28. The van der Waals surface area contributed by atoms with E-state index >= 15 is 0 Å². The van der Waals surface area contributed by atoms with Gasteiger partial charge in [0.25, 0.3) is 10.0 Å². The fraction of sp³-hybridized carbons (Fsp3) is 0.250. The second-order valence-electron chi connectivity index (χ2n) is 4.81. The molecule has 0 radical (unpaired) electrons. The van der Waals surface area contributed by atoms with Crippen LogP contribution in [0.25, 0.3) is 0 Å². The molecule has 1 N–H and O–H groups in total. The highest BCUT2D eigenvalue weighted by molar-refractivity contribution is 7.92. The molecule has 0 atom stereocenters. The molecule has 0 saturated heterocycles. The molecular weight excluding hydrogens is 286 g/mol. The molecule has 0 amide bonds. The molecule has 21 heavy (non-hydrogen) atoms. The van der Waals surface area contributed by atoms with Crippen LogP contribution < -0.4 is 4.31 Å². The Hall–Kier alpha value is -1.85. The zero-order valence-electron chi connectivity index (χ0n) is 12.2. The number of aliphatic hydroxyl groups excluding tert-OH is 1. The van der Waals surface area contributed by atoms with Crippen LogP contribution in [0.5, 0.6) is 0 Å². The first kappa shape index (κ1) is 15.5. The summed E-state index contributed by atoms with van der Waals surface area (Å²) in [5, 5.41) is 9.20. The molecule has 2 aromatic rings. The Bertz CT molecular complexity index is 726. The van der Waals surface area contributed by atoms with Crippen LogP contribution in [-0.4, -0.2) is 20.1 Å². The molecular formula is C16H19NO3S. The lowest BCUT2D eigenvalue weighted by Gasteiger charge is -2.23. The Morgan fingerprint density at radius 1 is 1.10 bits per heavy atom. The molecule has 0 spiro atoms. The Balaban J connectivity index is 2.49. The van der Waals surface area contributed by atoms with Gasteiger partial charge in [-0.1, -0.05) is 24.3 Å². The third-order valence-corrected chi connectivity index (χ3v) is 5.14. The van der Waals surface area contributed by atoms with E-state index in [9.17, 15) is 13.5 Å². The topological polar surface area (TPSA) is 57.6 Å². The minimum absolute atomic E-state index is 0.115. The molecule has 0 aliphatic carbocycles. The maximum absolute atomic E-state index is 12.8. The van der Waals surface area contributed by atoms with Gasteiger partial charge in [0.15, 0.2) is 0 Å². The van der Waals surface area contributed by atoms with Crippen molar-refractivity contribution in [3.8, 4) is 0 Å². The first-order valence-corrected chi connectivity index (χ1v) is 8.22. The lowest BCUT2D eigenvalue weighted by molar-refractivity contribution is 0.282. The van der Waals surface area contributed by atoms with E-state index in [0.29, 0.717) is 17.8 Å². The third kappa shape index (κ3) is 3.25. The Morgan fingerprint density at radius 3 is 2.43 bits per heavy atom. The number of rotatable bonds is 5. The van der Waals surface area contributed by atoms with Crippen molar-refractivity contribution >= 4 is 15.7 Å². The van der Waals surface area contributed by atoms with Crippen molar-refractivity contribution in [2.45, 2.75) is 25.3 Å². The van der Waals surface area contributed by atoms with Gasteiger partial charge in [-0.05, 0) is 49.2 Å². The van der Waals surface area contributed by atoms with E-state index in [-0.39, 0.29) is 11.5 Å². The summed E-state index contributed by atoms with van der Waals surface area (Å²) in [6, 6.07) is 13.8. The van der Waals surface area contributed by atoms with Crippen molar-refractivity contribution in [3.05, 3.63) is 59.7 Å². The summed E-state index contributed by atoms with van der Waals surface area (Å²) in [6.45, 7) is 3.86. The number of anilines is 1. The van der Waals surface area contributed by atoms with E-state index in [0.717, 1.165) is 5.56 Å². The van der Waals surface area contributed by atoms with Gasteiger partial charge >= 0.3 is 0 Å². The summed E-state index contributed by atoms with van der Waals surface area (Å²) >= 11 is 0. The summed E-state index contributed by atoms with van der Waals surface area (Å²) in [5.41, 5.74) is 2.15. The first-order chi connectivity index (χ1) is 9.98. The monoisotopic (exact) mass is 305 g/mol. The molecule has 0 aliphatic heterocycles. The van der Waals surface area contributed by atoms with Crippen LogP contribution in [0.15, 0.2) is 53.4 Å². The van der Waals surface area contributed by atoms with Gasteiger partial charge in [-0.3, -0.25) is 4.31 Å². The summed E-state index contributed by atoms with van der Waals surface area (Å²) in [5.74, 6) is 0. The van der Waals surface area contributed by atoms with Crippen LogP contribution in [0.3, 0.4) is 0 Å². The zero-order chi connectivity index (χ0) is 15.5. The summed E-state index contributed by atoms with van der Waals surface area (Å²) in [6.07, 6.45) is 0. The molecule has 0 bridgehead atoms. The van der Waals surface area contributed by atoms with Crippen LogP contribution in [0.1, 0.15) is 18.1 Å². The van der Waals surface area contributed by atoms with Crippen molar-refractivity contribution in [1.82, 2.24) is 0 Å². The highest BCUT2D eigenvalue weighted by Gasteiger charge is 2.23. The van der Waals surface area contributed by atoms with Gasteiger partial charge in [0.1, 0.15) is 0 Å². The second-order valence-corrected chi connectivity index (χ2v) is 6.68. The third-order valence-electron chi connectivity index (χ3n) is 3.25. The Morgan fingerprint density at radius 2 is 1.81 bits per heavy atom. The van der Waals surface area contributed by atoms with Gasteiger partial charge in [0.05, 0.1) is 17.2 Å². The molecule has 0 heterocycles. The predicted octanol–water partition coefficient (Wildman–Crippen LogP) is 2.70. The van der Waals surface area contributed by atoms with Crippen LogP contribution in [-0.2, 0) is 16.6 Å². The molecule has 0 aliphatic rings. The fourth-order valence-corrected chi connectivity index (χ4v) is 3.78. The minimum atomic E-state index is -3.60. The van der Waals surface area contributed by atoms with Crippen LogP contribution in [0, 0.1) is 6.92 Å². The predicted molar refractivity (Wildman–Crippen MR) is 83.7 cm³/mol. The molecule has 112 valence electrons. The molecule has 0 aromatic heterocycles. The van der Waals surface area contributed by atoms with Crippen molar-refractivity contribution in [3.63, 3.8) is 0 Å². The van der Waals surface area contributed by atoms with E-state index in [2.05, 4.69) is 0 Å². The van der Waals surface area contributed by atoms with Crippen LogP contribution in [0.2, 0.25) is 0 Å². The largest absolute Gasteiger partial charge is 0.392 e. The van der Waals surface area contributed by atoms with Gasteiger partial charge in [-0.25, -0.2) is 8.42 Å². The number of aryl methyl sites for hydroxylation is 1. The van der Waals surface area contributed by atoms with E-state index in [4.69, 9.17) is 0 Å². The molecule has 2 aromatic carbocycles. The van der Waals surface area contributed by atoms with Crippen LogP contribution in [0.4, 0.5) is 5.69 Å². The number of aliphatic hydroxyl groups is 1. The molecule has 5 heteroatoms. The van der Waals surface area contributed by atoms with Crippen molar-refractivity contribution < 1.29 is 13.5 Å². The zero-order valence-corrected chi connectivity index (χ0v) is 13.0. The van der Waals surface area contributed by atoms with Crippen molar-refractivity contribution in [1.29, 1.82) is 0 Å². The van der Waals surface area contributed by atoms with Gasteiger partial charge in [-0.15, -0.1) is 0 Å². The number of nitrogens with zero attached hydrogens (tertiary/aromatic N) is 1. The lowest BCUT2D eigenvalue weighted by Crippen LogP contribution is -2.30. The first-order valence-electron chi connectivity index (χ1n) is 6.78. The number of benzene rings is 2. The van der Waals surface area contributed by atoms with Gasteiger partial charge < -0.3 is 5.11 Å². The molecule has 0 saturated carbocycles. The highest BCUT2D eigenvalue weighted by Crippen LogP contribution is 2.24. The molecule has 2 rings (SSSR count). The molecule has 0 fully saturated rings. The van der Waals surface area contributed by atoms with E-state index in [1.165, 1.54) is 4.31 Å². The Labute approximate surface area is 125 Å². The van der Waals surface area contributed by atoms with Gasteiger partial charge in [-0.2, -0.15) is 0 Å². The summed E-state index contributed by atoms with van der Waals surface area (Å²) in [4.78, 5) is 0.277. The summed E-state index contributed by atoms with van der Waals surface area (Å²) < 4.78 is 26.9. The quantitative estimate of drug-likeness (QED) is 0.924. The molecule has 0 unspecified atom stereocenters. The van der Waals surface area contributed by atoms with Gasteiger partial charge in [0.2, 0.25) is 0 Å². The average Bonchev–Trinajstić information content (AvgIpc) is 2.48. The SMILES string of the molecule is CCN(c1cccc(CO)c1)S(=O)(=O)c1cccc(C)c1. The summed E-state index contributed by atoms with van der Waals surface area (Å²) in [7, 11) is -3.60. The van der Waals surface area contributed by atoms with E-state index in [1.807, 2.05) is 13.0 Å². The number of hydrogen-bond acceptors (Lipinski definition) is 3. The van der Waals surface area contributed by atoms with E-state index < -0.39 is 10.0 Å². The van der Waals surface area contributed by atoms with Crippen LogP contribution >= 0.6 is 0 Å². The van der Waals surface area contributed by atoms with Crippen molar-refractivity contribution in [2.24, 2.45) is 0 Å². The average molecular weight is 305 g/mol. The number of sulfonamides is 1. The smallest absolute Gasteiger partial charge is 0.264 e. The maximum atomic E-state index is 12.8. The lowest BCUT2D eigenvalue weighted by atomic mass is 10.2. The van der Waals surface area contributed by atoms with Gasteiger partial charge in [0, 0.05) is 6.54 Å². The minimum Gasteiger partial charge on any atom is -0.392 e. The van der Waals surface area contributed by atoms with E-state index in [1.54, 1.807) is 49.4 Å². The number of hydrogen-bond donors (Lipinski definition) is 1. The fourth-order valence-electron chi connectivity index (χ4n) is 2.20. The highest BCUT2D eigenvalue weighted by atomic mass is 32.2. The molecule has 4 nitrogen and oxygen atoms in total. The van der Waals surface area contributed by atoms with Crippen molar-refractivity contribution in [2.75, 3.05) is 10.8 Å². The Kier molecular flexibility index (Phi) is 4.65. The standard InChI is InChI=1S/C16H19NO3S/c1-3-17(15-8-5-7-14(11-15)12-18)21(19,20)16-9-4-6-13(2)10-16/h4-11,18H,3,12H2,1-2H3.